The molecule has 2 nitrogen and oxygen atoms in total. The Morgan fingerprint density at radius 1 is 1.44 bits per heavy atom. The van der Waals surface area contributed by atoms with Crippen LogP contribution in [0.4, 0.5) is 24.5 Å². The van der Waals surface area contributed by atoms with Crippen LogP contribution in [0.25, 0.3) is 4.85 Å². The fraction of sp³-hybridized carbons (Fsp3) is 0.300. The van der Waals surface area contributed by atoms with Crippen LogP contribution in [0.3, 0.4) is 0 Å². The highest BCUT2D eigenvalue weighted by atomic mass is 32.2. The highest BCUT2D eigenvalue weighted by molar-refractivity contribution is 7.99. The van der Waals surface area contributed by atoms with Crippen molar-refractivity contribution < 1.29 is 13.2 Å². The van der Waals surface area contributed by atoms with E-state index >= 15 is 0 Å². The van der Waals surface area contributed by atoms with Crippen LogP contribution in [-0.2, 0) is 6.18 Å². The second-order valence-electron chi connectivity index (χ2n) is 2.95. The molecule has 6 heteroatoms. The molecule has 0 atom stereocenters. The lowest BCUT2D eigenvalue weighted by molar-refractivity contribution is -0.136. The van der Waals surface area contributed by atoms with Crippen LogP contribution in [0, 0.1) is 6.57 Å². The second-order valence-corrected chi connectivity index (χ2v) is 4.26. The molecular weight excluding hydrogens is 237 g/mol. The van der Waals surface area contributed by atoms with Crippen LogP contribution in [0.15, 0.2) is 17.0 Å². The van der Waals surface area contributed by atoms with E-state index in [4.69, 9.17) is 12.3 Å². The number of thioether (sulfide) groups is 1. The van der Waals surface area contributed by atoms with Gasteiger partial charge in [-0.1, -0.05) is 6.92 Å². The number of alkyl halides is 3. The average molecular weight is 246 g/mol. The van der Waals surface area contributed by atoms with Crippen LogP contribution >= 0.6 is 11.8 Å². The number of anilines is 1. The number of nitrogens with two attached hydrogens (primary N) is 1. The third kappa shape index (κ3) is 2.61. The lowest BCUT2D eigenvalue weighted by Crippen LogP contribution is -2.06. The van der Waals surface area contributed by atoms with E-state index < -0.39 is 17.4 Å². The summed E-state index contributed by atoms with van der Waals surface area (Å²) in [6.07, 6.45) is -4.54. The number of hydrogen-bond donors (Lipinski definition) is 1. The molecule has 0 unspecified atom stereocenters. The predicted octanol–water partition coefficient (Wildman–Crippen LogP) is 3.95. The molecular formula is C10H9F3N2S. The van der Waals surface area contributed by atoms with E-state index in [9.17, 15) is 13.2 Å². The first-order valence-electron chi connectivity index (χ1n) is 4.41. The molecule has 0 aliphatic rings. The summed E-state index contributed by atoms with van der Waals surface area (Å²) >= 11 is 1.32. The first kappa shape index (κ1) is 12.7. The minimum atomic E-state index is -4.54. The molecule has 0 heterocycles. The highest BCUT2D eigenvalue weighted by Gasteiger charge is 2.34. The van der Waals surface area contributed by atoms with Gasteiger partial charge < -0.3 is 5.73 Å². The maximum atomic E-state index is 12.5. The third-order valence-corrected chi connectivity index (χ3v) is 2.81. The molecule has 0 saturated carbocycles. The minimum Gasteiger partial charge on any atom is -0.398 e. The van der Waals surface area contributed by atoms with E-state index in [2.05, 4.69) is 4.85 Å². The maximum Gasteiger partial charge on any atom is 0.407 e. The molecule has 0 fully saturated rings. The predicted molar refractivity (Wildman–Crippen MR) is 58.5 cm³/mol. The Kier molecular flexibility index (Phi) is 3.70. The molecule has 0 aliphatic carbocycles. The van der Waals surface area contributed by atoms with Crippen molar-refractivity contribution in [3.05, 3.63) is 29.1 Å². The normalized spacial score (nSPS) is 11.2. The standard InChI is InChI=1S/C10H9F3N2S/c1-3-16-9-5-8(15-2)6(4-7(9)14)10(11,12)13/h4-5H,3,14H2,1H3. The Morgan fingerprint density at radius 2 is 2.06 bits per heavy atom. The van der Waals surface area contributed by atoms with Crippen molar-refractivity contribution >= 4 is 23.1 Å². The molecule has 0 bridgehead atoms. The lowest BCUT2D eigenvalue weighted by Gasteiger charge is -2.12. The van der Waals surface area contributed by atoms with Crippen molar-refractivity contribution in [2.75, 3.05) is 11.5 Å². The summed E-state index contributed by atoms with van der Waals surface area (Å²) in [6.45, 7) is 8.60. The van der Waals surface area contributed by atoms with E-state index in [0.29, 0.717) is 10.6 Å². The van der Waals surface area contributed by atoms with Crippen LogP contribution in [0.2, 0.25) is 0 Å². The van der Waals surface area contributed by atoms with Gasteiger partial charge in [0.15, 0.2) is 0 Å². The summed E-state index contributed by atoms with van der Waals surface area (Å²) in [7, 11) is 0. The Labute approximate surface area is 95.5 Å². The SMILES string of the molecule is [C-]#[N+]c1cc(SCC)c(N)cc1C(F)(F)F. The largest absolute Gasteiger partial charge is 0.407 e. The van der Waals surface area contributed by atoms with Gasteiger partial charge in [-0.15, -0.1) is 11.8 Å². The molecule has 0 amide bonds. The van der Waals surface area contributed by atoms with Gasteiger partial charge in [0.05, 0.1) is 12.1 Å². The molecule has 0 aliphatic heterocycles. The van der Waals surface area contributed by atoms with Gasteiger partial charge in [-0.3, -0.25) is 0 Å². The summed E-state index contributed by atoms with van der Waals surface area (Å²) in [6, 6.07) is 2.02. The lowest BCUT2D eigenvalue weighted by atomic mass is 10.1. The number of nitrogens with zero attached hydrogens (tertiary/aromatic N) is 1. The van der Waals surface area contributed by atoms with Gasteiger partial charge >= 0.3 is 6.18 Å². The van der Waals surface area contributed by atoms with Gasteiger partial charge in [-0.25, -0.2) is 4.85 Å². The van der Waals surface area contributed by atoms with Gasteiger partial charge in [0.25, 0.3) is 0 Å². The molecule has 1 aromatic carbocycles. The third-order valence-electron chi connectivity index (χ3n) is 1.85. The van der Waals surface area contributed by atoms with Gasteiger partial charge in [-0.05, 0) is 17.9 Å². The molecule has 86 valence electrons. The van der Waals surface area contributed by atoms with Gasteiger partial charge in [0.1, 0.15) is 0 Å². The van der Waals surface area contributed by atoms with Gasteiger partial charge in [-0.2, -0.15) is 13.2 Å². The van der Waals surface area contributed by atoms with Crippen molar-refractivity contribution in [1.29, 1.82) is 0 Å². The number of nitrogen functional groups attached to an aromatic ring is 1. The molecule has 2 N–H and O–H groups in total. The van der Waals surface area contributed by atoms with Crippen LogP contribution in [0.1, 0.15) is 12.5 Å². The summed E-state index contributed by atoms with van der Waals surface area (Å²) in [5.74, 6) is 0.688. The molecule has 0 radical (unpaired) electrons. The quantitative estimate of drug-likeness (QED) is 0.486. The van der Waals surface area contributed by atoms with Crippen molar-refractivity contribution in [3.8, 4) is 0 Å². The van der Waals surface area contributed by atoms with Crippen molar-refractivity contribution in [2.45, 2.75) is 18.0 Å². The summed E-state index contributed by atoms with van der Waals surface area (Å²) in [5, 5.41) is 0. The Hall–Kier alpha value is -1.35. The van der Waals surface area contributed by atoms with Crippen LogP contribution < -0.4 is 5.73 Å². The molecule has 1 aromatic rings. The van der Waals surface area contributed by atoms with E-state index in [-0.39, 0.29) is 5.69 Å². The van der Waals surface area contributed by atoms with E-state index in [1.807, 2.05) is 6.92 Å². The molecule has 0 aromatic heterocycles. The van der Waals surface area contributed by atoms with Crippen molar-refractivity contribution in [3.63, 3.8) is 0 Å². The van der Waals surface area contributed by atoms with Crippen molar-refractivity contribution in [1.82, 2.24) is 0 Å². The Morgan fingerprint density at radius 3 is 2.50 bits per heavy atom. The smallest absolute Gasteiger partial charge is 0.398 e. The molecule has 16 heavy (non-hydrogen) atoms. The summed E-state index contributed by atoms with van der Waals surface area (Å²) in [4.78, 5) is 3.40. The fourth-order valence-electron chi connectivity index (χ4n) is 1.19. The molecule has 0 saturated heterocycles. The number of benzene rings is 1. The molecule has 1 rings (SSSR count). The van der Waals surface area contributed by atoms with Gasteiger partial charge in [0.2, 0.25) is 5.69 Å². The first-order valence-corrected chi connectivity index (χ1v) is 5.39. The average Bonchev–Trinajstić information content (AvgIpc) is 2.19. The fourth-order valence-corrected chi connectivity index (χ4v) is 1.92. The summed E-state index contributed by atoms with van der Waals surface area (Å²) in [5.41, 5.74) is 4.19. The van der Waals surface area contributed by atoms with Crippen LogP contribution in [0.5, 0.6) is 0 Å². The van der Waals surface area contributed by atoms with Gasteiger partial charge in [0, 0.05) is 10.6 Å². The van der Waals surface area contributed by atoms with Crippen molar-refractivity contribution in [2.24, 2.45) is 0 Å². The monoisotopic (exact) mass is 246 g/mol. The zero-order valence-corrected chi connectivity index (χ0v) is 9.25. The summed E-state index contributed by atoms with van der Waals surface area (Å²) < 4.78 is 37.6. The zero-order valence-electron chi connectivity index (χ0n) is 8.43. The maximum absolute atomic E-state index is 12.5. The first-order chi connectivity index (χ1) is 7.40. The second kappa shape index (κ2) is 4.66. The Balaban J connectivity index is 3.34. The number of halogens is 3. The molecule has 0 spiro atoms. The highest BCUT2D eigenvalue weighted by Crippen LogP contribution is 2.41. The topological polar surface area (TPSA) is 30.4 Å². The van der Waals surface area contributed by atoms with E-state index in [1.165, 1.54) is 17.8 Å². The van der Waals surface area contributed by atoms with Crippen LogP contribution in [-0.4, -0.2) is 5.75 Å². The van der Waals surface area contributed by atoms with E-state index in [1.54, 1.807) is 0 Å². The Bertz CT molecular complexity index is 435. The zero-order chi connectivity index (χ0) is 12.3. The number of hydrogen-bond acceptors (Lipinski definition) is 2. The minimum absolute atomic E-state index is 0.0616. The number of rotatable bonds is 2. The van der Waals surface area contributed by atoms with E-state index in [0.717, 1.165) is 6.07 Å².